The van der Waals surface area contributed by atoms with Gasteiger partial charge in [0.25, 0.3) is 0 Å². The van der Waals surface area contributed by atoms with Gasteiger partial charge in [0.1, 0.15) is 13.2 Å². The molecule has 2 aliphatic heterocycles. The van der Waals surface area contributed by atoms with Crippen molar-refractivity contribution in [2.75, 3.05) is 13.2 Å². The second-order valence-electron chi connectivity index (χ2n) is 5.03. The van der Waals surface area contributed by atoms with Gasteiger partial charge in [0.2, 0.25) is 5.91 Å². The van der Waals surface area contributed by atoms with Crippen LogP contribution < -0.4 is 5.32 Å². The van der Waals surface area contributed by atoms with Gasteiger partial charge in [-0.25, -0.2) is 13.2 Å². The normalized spacial score (nSPS) is 31.9. The Morgan fingerprint density at radius 3 is 2.26 bits per heavy atom. The van der Waals surface area contributed by atoms with Crippen LogP contribution in [0.5, 0.6) is 0 Å². The molecule has 19 heavy (non-hydrogen) atoms. The van der Waals surface area contributed by atoms with Crippen LogP contribution in [0.4, 0.5) is 0 Å². The highest BCUT2D eigenvalue weighted by atomic mass is 32.2. The first-order chi connectivity index (χ1) is 8.89. The lowest BCUT2D eigenvalue weighted by molar-refractivity contribution is -0.143. The Bertz CT molecular complexity index is 454. The first kappa shape index (κ1) is 14.3. The average molecular weight is 291 g/mol. The lowest BCUT2D eigenvalue weighted by atomic mass is 10.1. The summed E-state index contributed by atoms with van der Waals surface area (Å²) in [6.07, 6.45) is 2.25. The van der Waals surface area contributed by atoms with Gasteiger partial charge in [-0.15, -0.1) is 0 Å². The lowest BCUT2D eigenvalue weighted by Crippen LogP contribution is -2.46. The van der Waals surface area contributed by atoms with E-state index in [0.717, 1.165) is 0 Å². The number of rotatable bonds is 5. The van der Waals surface area contributed by atoms with Gasteiger partial charge in [0, 0.05) is 6.04 Å². The van der Waals surface area contributed by atoms with Crippen molar-refractivity contribution in [3.05, 3.63) is 0 Å². The summed E-state index contributed by atoms with van der Waals surface area (Å²) in [5.74, 6) is -1.53. The lowest BCUT2D eigenvalue weighted by Gasteiger charge is -2.28. The molecule has 0 aromatic heterocycles. The second kappa shape index (κ2) is 5.46. The summed E-state index contributed by atoms with van der Waals surface area (Å²) in [4.78, 5) is 21.7. The van der Waals surface area contributed by atoms with Crippen molar-refractivity contribution in [2.45, 2.75) is 42.2 Å². The molecule has 2 unspecified atom stereocenters. The zero-order chi connectivity index (χ0) is 14.0. The largest absolute Gasteiger partial charge is 0.480 e. The van der Waals surface area contributed by atoms with E-state index in [1.54, 1.807) is 0 Å². The number of amides is 1. The third-order valence-electron chi connectivity index (χ3n) is 3.66. The molecule has 2 bridgehead atoms. The van der Waals surface area contributed by atoms with Gasteiger partial charge in [-0.05, 0) is 25.7 Å². The number of hydrogen-bond acceptors (Lipinski definition) is 5. The summed E-state index contributed by atoms with van der Waals surface area (Å²) >= 11 is 0. The third kappa shape index (κ3) is 3.24. The Labute approximate surface area is 111 Å². The van der Waals surface area contributed by atoms with Crippen LogP contribution in [-0.4, -0.2) is 55.2 Å². The molecule has 2 heterocycles. The van der Waals surface area contributed by atoms with Crippen molar-refractivity contribution in [3.63, 3.8) is 0 Å². The number of nitrogens with one attached hydrogen (secondary N) is 1. The second-order valence-corrected chi connectivity index (χ2v) is 7.54. The summed E-state index contributed by atoms with van der Waals surface area (Å²) in [5, 5.41) is 10.4. The quantitative estimate of drug-likeness (QED) is 0.694. The number of aliphatic carboxylic acids is 1. The molecule has 2 aliphatic rings. The summed E-state index contributed by atoms with van der Waals surface area (Å²) < 4.78 is 28.4. The topological polar surface area (TPSA) is 110 Å². The molecule has 2 rings (SSSR count). The molecule has 0 aliphatic carbocycles. The number of carboxylic acid groups (broad SMARTS) is 1. The number of fused-ring (bicyclic) bond motifs is 2. The molecule has 0 aromatic rings. The predicted molar refractivity (Wildman–Crippen MR) is 65.3 cm³/mol. The van der Waals surface area contributed by atoms with E-state index >= 15 is 0 Å². The number of carboxylic acids is 1. The molecule has 2 saturated heterocycles. The van der Waals surface area contributed by atoms with Crippen molar-refractivity contribution in [2.24, 2.45) is 0 Å². The Morgan fingerprint density at radius 1 is 1.16 bits per heavy atom. The third-order valence-corrected chi connectivity index (χ3v) is 6.37. The van der Waals surface area contributed by atoms with Crippen molar-refractivity contribution >= 4 is 21.7 Å². The van der Waals surface area contributed by atoms with Gasteiger partial charge >= 0.3 is 5.97 Å². The smallest absolute Gasteiger partial charge is 0.329 e. The van der Waals surface area contributed by atoms with Crippen LogP contribution in [0.3, 0.4) is 0 Å². The van der Waals surface area contributed by atoms with Crippen LogP contribution in [0.2, 0.25) is 0 Å². The number of ether oxygens (including phenoxy) is 1. The first-order valence-electron chi connectivity index (χ1n) is 6.21. The van der Waals surface area contributed by atoms with Crippen LogP contribution in [-0.2, 0) is 24.2 Å². The maximum atomic E-state index is 11.9. The van der Waals surface area contributed by atoms with Crippen molar-refractivity contribution in [1.82, 2.24) is 5.32 Å². The Hall–Kier alpha value is -1.15. The monoisotopic (exact) mass is 291 g/mol. The minimum Gasteiger partial charge on any atom is -0.480 e. The Balaban J connectivity index is 1.79. The maximum absolute atomic E-state index is 11.9. The van der Waals surface area contributed by atoms with Gasteiger partial charge in [0.15, 0.2) is 9.84 Å². The molecule has 2 atom stereocenters. The van der Waals surface area contributed by atoms with Gasteiger partial charge in [-0.1, -0.05) is 0 Å². The molecule has 0 saturated carbocycles. The fourth-order valence-corrected chi connectivity index (χ4v) is 5.30. The Kier molecular flexibility index (Phi) is 4.10. The van der Waals surface area contributed by atoms with E-state index < -0.39 is 28.3 Å². The van der Waals surface area contributed by atoms with Crippen molar-refractivity contribution < 1.29 is 27.9 Å². The molecular weight excluding hydrogens is 274 g/mol. The molecule has 0 aromatic carbocycles. The van der Waals surface area contributed by atoms with Crippen molar-refractivity contribution in [1.29, 1.82) is 0 Å². The number of sulfone groups is 1. The van der Waals surface area contributed by atoms with Crippen LogP contribution in [0.25, 0.3) is 0 Å². The fraction of sp³-hybridized carbons (Fsp3) is 0.818. The maximum Gasteiger partial charge on any atom is 0.329 e. The molecular formula is C11H17NO6S. The molecule has 0 radical (unpaired) electrons. The SMILES string of the molecule is O=C(O)COCC(=O)NC1CC2CCC(C1)S2(=O)=O. The van der Waals surface area contributed by atoms with Crippen LogP contribution in [0.1, 0.15) is 25.7 Å². The predicted octanol–water partition coefficient (Wildman–Crippen LogP) is -0.688. The molecule has 0 spiro atoms. The zero-order valence-electron chi connectivity index (χ0n) is 10.4. The fourth-order valence-electron chi connectivity index (χ4n) is 2.83. The highest BCUT2D eigenvalue weighted by molar-refractivity contribution is 7.93. The number of carbonyl (C=O) groups is 2. The van der Waals surface area contributed by atoms with Gasteiger partial charge in [0.05, 0.1) is 10.5 Å². The van der Waals surface area contributed by atoms with E-state index in [2.05, 4.69) is 10.1 Å². The van der Waals surface area contributed by atoms with Crippen molar-refractivity contribution in [3.8, 4) is 0 Å². The molecule has 8 heteroatoms. The van der Waals surface area contributed by atoms with Gasteiger partial charge in [-0.2, -0.15) is 0 Å². The van der Waals surface area contributed by atoms with E-state index in [-0.39, 0.29) is 23.1 Å². The van der Waals surface area contributed by atoms with Gasteiger partial charge < -0.3 is 15.2 Å². The zero-order valence-corrected chi connectivity index (χ0v) is 11.2. The highest BCUT2D eigenvalue weighted by Gasteiger charge is 2.47. The minimum absolute atomic E-state index is 0.151. The van der Waals surface area contributed by atoms with Crippen LogP contribution in [0.15, 0.2) is 0 Å². The van der Waals surface area contributed by atoms with E-state index in [0.29, 0.717) is 25.7 Å². The number of hydrogen-bond donors (Lipinski definition) is 2. The summed E-state index contributed by atoms with van der Waals surface area (Å²) in [7, 11) is -2.99. The molecule has 7 nitrogen and oxygen atoms in total. The first-order valence-corrected chi connectivity index (χ1v) is 7.82. The van der Waals surface area contributed by atoms with E-state index in [4.69, 9.17) is 5.11 Å². The molecule has 2 N–H and O–H groups in total. The molecule has 108 valence electrons. The minimum atomic E-state index is -2.99. The van der Waals surface area contributed by atoms with Gasteiger partial charge in [-0.3, -0.25) is 4.79 Å². The van der Waals surface area contributed by atoms with E-state index in [1.807, 2.05) is 0 Å². The molecule has 1 amide bonds. The Morgan fingerprint density at radius 2 is 1.74 bits per heavy atom. The van der Waals surface area contributed by atoms with Crippen LogP contribution in [0, 0.1) is 0 Å². The average Bonchev–Trinajstić information content (AvgIpc) is 2.51. The van der Waals surface area contributed by atoms with Crippen LogP contribution >= 0.6 is 0 Å². The van der Waals surface area contributed by atoms with E-state index in [1.165, 1.54) is 0 Å². The number of carbonyl (C=O) groups excluding carboxylic acids is 1. The standard InChI is InChI=1S/C11H17NO6S/c13-10(5-18-6-11(14)15)12-7-3-8-1-2-9(4-7)19(8,16)17/h7-9H,1-6H2,(H,12,13)(H,14,15). The summed E-state index contributed by atoms with van der Waals surface area (Å²) in [6, 6.07) is -0.151. The summed E-state index contributed by atoms with van der Waals surface area (Å²) in [6.45, 7) is -0.831. The van der Waals surface area contributed by atoms with E-state index in [9.17, 15) is 18.0 Å². The highest BCUT2D eigenvalue weighted by Crippen LogP contribution is 2.38. The molecule has 2 fully saturated rings. The summed E-state index contributed by atoms with van der Waals surface area (Å²) in [5.41, 5.74) is 0.